The van der Waals surface area contributed by atoms with E-state index in [1.54, 1.807) is 0 Å². The SMILES string of the molecule is Cc1ccncc1C(C)(O)C(F)(F)F. The Bertz CT molecular complexity index is 333. The molecular weight excluding hydrogens is 195 g/mol. The number of aliphatic hydroxyl groups is 1. The van der Waals surface area contributed by atoms with Gasteiger partial charge in [-0.3, -0.25) is 4.98 Å². The Labute approximate surface area is 79.4 Å². The fourth-order valence-corrected chi connectivity index (χ4v) is 1.13. The topological polar surface area (TPSA) is 33.1 Å². The van der Waals surface area contributed by atoms with Gasteiger partial charge in [0.25, 0.3) is 0 Å². The van der Waals surface area contributed by atoms with Crippen molar-refractivity contribution in [2.75, 3.05) is 0 Å². The number of pyridine rings is 1. The zero-order valence-electron chi connectivity index (χ0n) is 7.76. The summed E-state index contributed by atoms with van der Waals surface area (Å²) in [5.41, 5.74) is -2.69. The van der Waals surface area contributed by atoms with Crippen LogP contribution in [0.15, 0.2) is 18.5 Å². The van der Waals surface area contributed by atoms with Gasteiger partial charge in [0.1, 0.15) is 0 Å². The molecule has 1 heterocycles. The van der Waals surface area contributed by atoms with E-state index < -0.39 is 11.8 Å². The first kappa shape index (κ1) is 11.0. The molecule has 1 unspecified atom stereocenters. The fourth-order valence-electron chi connectivity index (χ4n) is 1.13. The first-order chi connectivity index (χ1) is 6.27. The van der Waals surface area contributed by atoms with E-state index in [-0.39, 0.29) is 5.56 Å². The zero-order chi connectivity index (χ0) is 11.0. The summed E-state index contributed by atoms with van der Waals surface area (Å²) in [5.74, 6) is 0. The van der Waals surface area contributed by atoms with Crippen LogP contribution in [0.3, 0.4) is 0 Å². The molecule has 0 aliphatic carbocycles. The second kappa shape index (κ2) is 3.24. The lowest BCUT2D eigenvalue weighted by atomic mass is 9.93. The molecule has 1 atom stereocenters. The minimum atomic E-state index is -4.69. The van der Waals surface area contributed by atoms with Gasteiger partial charge in [0.2, 0.25) is 0 Å². The highest BCUT2D eigenvalue weighted by atomic mass is 19.4. The highest BCUT2D eigenvalue weighted by Gasteiger charge is 2.51. The van der Waals surface area contributed by atoms with Crippen LogP contribution in [-0.4, -0.2) is 16.3 Å². The Kier molecular flexibility index (Phi) is 2.54. The van der Waals surface area contributed by atoms with E-state index in [9.17, 15) is 18.3 Å². The minimum Gasteiger partial charge on any atom is -0.376 e. The molecule has 0 aliphatic heterocycles. The predicted octanol–water partition coefficient (Wildman–Crippen LogP) is 2.16. The Morgan fingerprint density at radius 1 is 1.36 bits per heavy atom. The van der Waals surface area contributed by atoms with Crippen molar-refractivity contribution in [2.24, 2.45) is 0 Å². The fraction of sp³-hybridized carbons (Fsp3) is 0.444. The number of aryl methyl sites for hydroxylation is 1. The molecule has 0 spiro atoms. The Hall–Kier alpha value is -1.10. The van der Waals surface area contributed by atoms with Crippen molar-refractivity contribution in [3.63, 3.8) is 0 Å². The highest BCUT2D eigenvalue weighted by Crippen LogP contribution is 2.39. The van der Waals surface area contributed by atoms with Crippen LogP contribution in [0.25, 0.3) is 0 Å². The van der Waals surface area contributed by atoms with Gasteiger partial charge in [0.05, 0.1) is 0 Å². The zero-order valence-corrected chi connectivity index (χ0v) is 7.76. The summed E-state index contributed by atoms with van der Waals surface area (Å²) >= 11 is 0. The average Bonchev–Trinajstić information content (AvgIpc) is 2.02. The normalized spacial score (nSPS) is 16.4. The summed E-state index contributed by atoms with van der Waals surface area (Å²) in [6, 6.07) is 1.43. The van der Waals surface area contributed by atoms with Crippen LogP contribution < -0.4 is 0 Å². The predicted molar refractivity (Wildman–Crippen MR) is 44.6 cm³/mol. The third-order valence-corrected chi connectivity index (χ3v) is 2.12. The molecule has 0 saturated heterocycles. The minimum absolute atomic E-state index is 0.215. The van der Waals surface area contributed by atoms with E-state index in [1.165, 1.54) is 19.2 Å². The van der Waals surface area contributed by atoms with Gasteiger partial charge in [-0.1, -0.05) is 0 Å². The van der Waals surface area contributed by atoms with Crippen LogP contribution in [0.4, 0.5) is 13.2 Å². The average molecular weight is 205 g/mol. The van der Waals surface area contributed by atoms with Gasteiger partial charge >= 0.3 is 6.18 Å². The second-order valence-corrected chi connectivity index (χ2v) is 3.26. The highest BCUT2D eigenvalue weighted by molar-refractivity contribution is 5.28. The third kappa shape index (κ3) is 1.72. The van der Waals surface area contributed by atoms with Gasteiger partial charge in [-0.2, -0.15) is 13.2 Å². The van der Waals surface area contributed by atoms with Crippen molar-refractivity contribution in [3.8, 4) is 0 Å². The monoisotopic (exact) mass is 205 g/mol. The number of aromatic nitrogens is 1. The smallest absolute Gasteiger partial charge is 0.376 e. The standard InChI is InChI=1S/C9H10F3NO/c1-6-3-4-13-5-7(6)8(2,14)9(10,11)12/h3-5,14H,1-2H3. The maximum atomic E-state index is 12.4. The van der Waals surface area contributed by atoms with Crippen molar-refractivity contribution in [1.29, 1.82) is 0 Å². The van der Waals surface area contributed by atoms with E-state index in [0.717, 1.165) is 13.1 Å². The molecule has 5 heteroatoms. The van der Waals surface area contributed by atoms with Crippen molar-refractivity contribution in [2.45, 2.75) is 25.6 Å². The molecule has 0 bridgehead atoms. The molecule has 2 nitrogen and oxygen atoms in total. The maximum Gasteiger partial charge on any atom is 0.421 e. The molecule has 0 radical (unpaired) electrons. The first-order valence-electron chi connectivity index (χ1n) is 3.97. The van der Waals surface area contributed by atoms with Crippen LogP contribution in [0, 0.1) is 6.92 Å². The molecule has 0 fully saturated rings. The van der Waals surface area contributed by atoms with Gasteiger partial charge in [-0.05, 0) is 25.5 Å². The number of hydrogen-bond donors (Lipinski definition) is 1. The molecule has 1 N–H and O–H groups in total. The van der Waals surface area contributed by atoms with Crippen molar-refractivity contribution >= 4 is 0 Å². The van der Waals surface area contributed by atoms with Crippen LogP contribution in [0.5, 0.6) is 0 Å². The summed E-state index contributed by atoms with van der Waals surface area (Å²) < 4.78 is 37.3. The quantitative estimate of drug-likeness (QED) is 0.762. The van der Waals surface area contributed by atoms with E-state index >= 15 is 0 Å². The molecule has 0 aromatic carbocycles. The lowest BCUT2D eigenvalue weighted by molar-refractivity contribution is -0.259. The molecule has 0 aliphatic rings. The molecule has 0 amide bonds. The maximum absolute atomic E-state index is 12.4. The Morgan fingerprint density at radius 3 is 2.36 bits per heavy atom. The number of hydrogen-bond acceptors (Lipinski definition) is 2. The Balaban J connectivity index is 3.23. The molecule has 14 heavy (non-hydrogen) atoms. The molecule has 1 aromatic rings. The van der Waals surface area contributed by atoms with Crippen LogP contribution in [0.1, 0.15) is 18.1 Å². The summed E-state index contributed by atoms with van der Waals surface area (Å²) in [7, 11) is 0. The molecule has 78 valence electrons. The number of rotatable bonds is 1. The van der Waals surface area contributed by atoms with Crippen LogP contribution in [0.2, 0.25) is 0 Å². The van der Waals surface area contributed by atoms with E-state index in [0.29, 0.717) is 5.56 Å². The van der Waals surface area contributed by atoms with Crippen molar-refractivity contribution in [3.05, 3.63) is 29.6 Å². The van der Waals surface area contributed by atoms with Gasteiger partial charge in [0, 0.05) is 18.0 Å². The summed E-state index contributed by atoms with van der Waals surface area (Å²) in [5, 5.41) is 9.34. The van der Waals surface area contributed by atoms with Crippen LogP contribution >= 0.6 is 0 Å². The molecule has 0 saturated carbocycles. The van der Waals surface area contributed by atoms with E-state index in [2.05, 4.69) is 4.98 Å². The lowest BCUT2D eigenvalue weighted by Crippen LogP contribution is -2.39. The number of alkyl halides is 3. The number of nitrogens with zero attached hydrogens (tertiary/aromatic N) is 1. The van der Waals surface area contributed by atoms with E-state index in [1.807, 2.05) is 0 Å². The van der Waals surface area contributed by atoms with Gasteiger partial charge < -0.3 is 5.11 Å². The first-order valence-corrected chi connectivity index (χ1v) is 3.97. The summed E-state index contributed by atoms with van der Waals surface area (Å²) in [4.78, 5) is 3.57. The van der Waals surface area contributed by atoms with Crippen LogP contribution in [-0.2, 0) is 5.60 Å². The van der Waals surface area contributed by atoms with Gasteiger partial charge in [-0.15, -0.1) is 0 Å². The lowest BCUT2D eigenvalue weighted by Gasteiger charge is -2.27. The summed E-state index contributed by atoms with van der Waals surface area (Å²) in [6.07, 6.45) is -2.28. The van der Waals surface area contributed by atoms with Gasteiger partial charge in [0.15, 0.2) is 5.60 Å². The number of halogens is 3. The van der Waals surface area contributed by atoms with Gasteiger partial charge in [-0.25, -0.2) is 0 Å². The van der Waals surface area contributed by atoms with Crippen molar-refractivity contribution in [1.82, 2.24) is 4.98 Å². The van der Waals surface area contributed by atoms with E-state index in [4.69, 9.17) is 0 Å². The molecule has 1 aromatic heterocycles. The Morgan fingerprint density at radius 2 is 1.93 bits per heavy atom. The second-order valence-electron chi connectivity index (χ2n) is 3.26. The third-order valence-electron chi connectivity index (χ3n) is 2.12. The molecule has 1 rings (SSSR count). The largest absolute Gasteiger partial charge is 0.421 e. The van der Waals surface area contributed by atoms with Crippen molar-refractivity contribution < 1.29 is 18.3 Å². The summed E-state index contributed by atoms with van der Waals surface area (Å²) in [6.45, 7) is 2.22. The molecular formula is C9H10F3NO.